The van der Waals surface area contributed by atoms with Crippen molar-refractivity contribution in [3.8, 4) is 17.1 Å². The highest BCUT2D eigenvalue weighted by Crippen LogP contribution is 2.34. The van der Waals surface area contributed by atoms with Gasteiger partial charge in [0.2, 0.25) is 16.0 Å². The first-order valence-corrected chi connectivity index (χ1v) is 9.77. The van der Waals surface area contributed by atoms with Gasteiger partial charge in [0.1, 0.15) is 0 Å². The number of nitrogens with two attached hydrogens (primary N) is 1. The van der Waals surface area contributed by atoms with Crippen molar-refractivity contribution in [3.63, 3.8) is 0 Å². The average Bonchev–Trinajstić information content (AvgIpc) is 3.35. The van der Waals surface area contributed by atoms with Gasteiger partial charge in [0.05, 0.1) is 24.6 Å². The molecule has 26 heavy (non-hydrogen) atoms. The normalized spacial score (nSPS) is 17.6. The molecule has 4 rings (SSSR count). The summed E-state index contributed by atoms with van der Waals surface area (Å²) in [5.74, 6) is 1.51. The summed E-state index contributed by atoms with van der Waals surface area (Å²) in [7, 11) is 1.65. The SMILES string of the molecule is COc1nc(C(C)C)ccc1-c1cnc2sc(N3CCC(CN)C3)nn12. The van der Waals surface area contributed by atoms with E-state index in [4.69, 9.17) is 15.6 Å². The van der Waals surface area contributed by atoms with Gasteiger partial charge < -0.3 is 15.4 Å². The second-order valence-electron chi connectivity index (χ2n) is 7.01. The van der Waals surface area contributed by atoms with E-state index in [1.165, 1.54) is 0 Å². The average molecular weight is 372 g/mol. The Hall–Kier alpha value is -2.19. The number of methoxy groups -OCH3 is 1. The molecular weight excluding hydrogens is 348 g/mol. The molecule has 1 aliphatic heterocycles. The lowest BCUT2D eigenvalue weighted by Crippen LogP contribution is -2.22. The topological polar surface area (TPSA) is 81.6 Å². The van der Waals surface area contributed by atoms with E-state index in [0.29, 0.717) is 17.7 Å². The molecule has 1 unspecified atom stereocenters. The largest absolute Gasteiger partial charge is 0.480 e. The lowest BCUT2D eigenvalue weighted by atomic mass is 10.1. The van der Waals surface area contributed by atoms with E-state index < -0.39 is 0 Å². The molecule has 8 heteroatoms. The second-order valence-corrected chi connectivity index (χ2v) is 7.94. The molecule has 1 atom stereocenters. The fraction of sp³-hybridized carbons (Fsp3) is 0.500. The van der Waals surface area contributed by atoms with Crippen LogP contribution in [0.2, 0.25) is 0 Å². The van der Waals surface area contributed by atoms with Gasteiger partial charge in [-0.15, -0.1) is 5.10 Å². The lowest BCUT2D eigenvalue weighted by Gasteiger charge is -2.13. The van der Waals surface area contributed by atoms with E-state index in [0.717, 1.165) is 53.1 Å². The number of nitrogens with zero attached hydrogens (tertiary/aromatic N) is 5. The minimum atomic E-state index is 0.347. The number of fused-ring (bicyclic) bond motifs is 1. The Morgan fingerprint density at radius 2 is 2.23 bits per heavy atom. The van der Waals surface area contributed by atoms with Crippen LogP contribution in [0.15, 0.2) is 18.3 Å². The molecule has 0 aromatic carbocycles. The Balaban J connectivity index is 1.72. The quantitative estimate of drug-likeness (QED) is 0.742. The summed E-state index contributed by atoms with van der Waals surface area (Å²) in [5.41, 5.74) is 8.63. The zero-order valence-corrected chi connectivity index (χ0v) is 16.2. The van der Waals surface area contributed by atoms with E-state index in [-0.39, 0.29) is 0 Å². The van der Waals surface area contributed by atoms with Gasteiger partial charge in [-0.3, -0.25) is 0 Å². The fourth-order valence-corrected chi connectivity index (χ4v) is 4.23. The van der Waals surface area contributed by atoms with Crippen molar-refractivity contribution >= 4 is 21.4 Å². The number of hydrogen-bond donors (Lipinski definition) is 1. The third kappa shape index (κ3) is 2.93. The number of ether oxygens (including phenoxy) is 1. The molecule has 0 bridgehead atoms. The number of anilines is 1. The zero-order chi connectivity index (χ0) is 18.3. The first-order chi connectivity index (χ1) is 12.6. The van der Waals surface area contributed by atoms with E-state index in [1.807, 2.05) is 22.8 Å². The maximum absolute atomic E-state index is 5.81. The molecule has 2 N–H and O–H groups in total. The summed E-state index contributed by atoms with van der Waals surface area (Å²) in [6, 6.07) is 4.09. The second kappa shape index (κ2) is 6.85. The van der Waals surface area contributed by atoms with Crippen LogP contribution in [0.25, 0.3) is 16.2 Å². The van der Waals surface area contributed by atoms with Gasteiger partial charge in [0, 0.05) is 18.8 Å². The summed E-state index contributed by atoms with van der Waals surface area (Å²) >= 11 is 1.61. The molecule has 1 fully saturated rings. The van der Waals surface area contributed by atoms with Crippen LogP contribution < -0.4 is 15.4 Å². The molecule has 3 aromatic rings. The number of imidazole rings is 1. The molecule has 0 radical (unpaired) electrons. The Bertz CT molecular complexity index is 918. The van der Waals surface area contributed by atoms with E-state index in [2.05, 4.69) is 28.7 Å². The van der Waals surface area contributed by atoms with Gasteiger partial charge in [-0.05, 0) is 36.9 Å². The highest BCUT2D eigenvalue weighted by Gasteiger charge is 2.25. The third-order valence-electron chi connectivity index (χ3n) is 4.91. The smallest absolute Gasteiger partial charge is 0.222 e. The number of hydrogen-bond acceptors (Lipinski definition) is 7. The molecular formula is C18H24N6OS. The standard InChI is InChI=1S/C18H24N6OS/c1-11(2)14-5-4-13(16(21-14)25-3)15-9-20-17-24(15)22-18(26-17)23-7-6-12(8-19)10-23/h4-5,9,11-12H,6-8,10,19H2,1-3H3. The summed E-state index contributed by atoms with van der Waals surface area (Å²) in [5, 5.41) is 5.80. The van der Waals surface area contributed by atoms with Crippen molar-refractivity contribution in [3.05, 3.63) is 24.0 Å². The maximum atomic E-state index is 5.81. The van der Waals surface area contributed by atoms with Gasteiger partial charge in [-0.2, -0.15) is 0 Å². The molecule has 0 spiro atoms. The van der Waals surface area contributed by atoms with Crippen LogP contribution in [0.4, 0.5) is 5.13 Å². The summed E-state index contributed by atoms with van der Waals surface area (Å²) < 4.78 is 7.44. The van der Waals surface area contributed by atoms with Crippen molar-refractivity contribution in [1.29, 1.82) is 0 Å². The molecule has 4 heterocycles. The van der Waals surface area contributed by atoms with Crippen LogP contribution in [-0.2, 0) is 0 Å². The molecule has 1 aliphatic rings. The van der Waals surface area contributed by atoms with Gasteiger partial charge in [-0.1, -0.05) is 25.2 Å². The van der Waals surface area contributed by atoms with Crippen LogP contribution in [0, 0.1) is 5.92 Å². The predicted octanol–water partition coefficient (Wildman–Crippen LogP) is 2.77. The molecule has 1 saturated heterocycles. The van der Waals surface area contributed by atoms with Crippen molar-refractivity contribution in [1.82, 2.24) is 19.6 Å². The zero-order valence-electron chi connectivity index (χ0n) is 15.3. The van der Waals surface area contributed by atoms with Crippen LogP contribution in [0.1, 0.15) is 31.9 Å². The minimum Gasteiger partial charge on any atom is -0.480 e. The molecule has 138 valence electrons. The predicted molar refractivity (Wildman–Crippen MR) is 104 cm³/mol. The highest BCUT2D eigenvalue weighted by molar-refractivity contribution is 7.20. The first kappa shape index (κ1) is 17.2. The van der Waals surface area contributed by atoms with Crippen molar-refractivity contribution < 1.29 is 4.74 Å². The highest BCUT2D eigenvalue weighted by atomic mass is 32.1. The summed E-state index contributed by atoms with van der Waals surface area (Å²) in [6.07, 6.45) is 2.96. The Labute approximate surface area is 156 Å². The Kier molecular flexibility index (Phi) is 4.54. The molecule has 7 nitrogen and oxygen atoms in total. The van der Waals surface area contributed by atoms with Crippen molar-refractivity contribution in [2.45, 2.75) is 26.2 Å². The number of rotatable bonds is 5. The van der Waals surface area contributed by atoms with Crippen molar-refractivity contribution in [2.75, 3.05) is 31.6 Å². The van der Waals surface area contributed by atoms with Crippen LogP contribution in [0.3, 0.4) is 0 Å². The van der Waals surface area contributed by atoms with Crippen LogP contribution >= 0.6 is 11.3 Å². The van der Waals surface area contributed by atoms with Crippen LogP contribution in [0.5, 0.6) is 5.88 Å². The van der Waals surface area contributed by atoms with Crippen molar-refractivity contribution in [2.24, 2.45) is 11.7 Å². The van der Waals surface area contributed by atoms with E-state index >= 15 is 0 Å². The Morgan fingerprint density at radius 1 is 1.38 bits per heavy atom. The van der Waals surface area contributed by atoms with Gasteiger partial charge in [-0.25, -0.2) is 14.5 Å². The molecule has 0 amide bonds. The first-order valence-electron chi connectivity index (χ1n) is 8.95. The Morgan fingerprint density at radius 3 is 2.92 bits per heavy atom. The minimum absolute atomic E-state index is 0.347. The van der Waals surface area contributed by atoms with Crippen LogP contribution in [-0.4, -0.2) is 46.3 Å². The van der Waals surface area contributed by atoms with Gasteiger partial charge >= 0.3 is 0 Å². The summed E-state index contributed by atoms with van der Waals surface area (Å²) in [4.78, 5) is 12.4. The monoisotopic (exact) mass is 372 g/mol. The van der Waals surface area contributed by atoms with Gasteiger partial charge in [0.25, 0.3) is 0 Å². The maximum Gasteiger partial charge on any atom is 0.222 e. The molecule has 0 aliphatic carbocycles. The van der Waals surface area contributed by atoms with E-state index in [9.17, 15) is 0 Å². The summed E-state index contributed by atoms with van der Waals surface area (Å²) in [6.45, 7) is 6.94. The third-order valence-corrected chi connectivity index (χ3v) is 5.89. The van der Waals surface area contributed by atoms with E-state index in [1.54, 1.807) is 18.4 Å². The number of aromatic nitrogens is 4. The number of pyridine rings is 1. The van der Waals surface area contributed by atoms with Gasteiger partial charge in [0.15, 0.2) is 0 Å². The molecule has 3 aromatic heterocycles. The lowest BCUT2D eigenvalue weighted by molar-refractivity contribution is 0.397. The molecule has 0 saturated carbocycles. The fourth-order valence-electron chi connectivity index (χ4n) is 3.32.